The van der Waals surface area contributed by atoms with Crippen molar-refractivity contribution >= 4 is 17.5 Å². The van der Waals surface area contributed by atoms with Gasteiger partial charge in [-0.15, -0.1) is 0 Å². The number of carbonyl (C=O) groups excluding carboxylic acids is 2. The molecule has 0 aliphatic carbocycles. The maximum absolute atomic E-state index is 12.1. The topological polar surface area (TPSA) is 80.6 Å². The van der Waals surface area contributed by atoms with Crippen LogP contribution >= 0.6 is 0 Å². The lowest BCUT2D eigenvalue weighted by Crippen LogP contribution is -2.41. The van der Waals surface area contributed by atoms with Crippen LogP contribution in [-0.4, -0.2) is 24.0 Å². The van der Waals surface area contributed by atoms with Gasteiger partial charge in [0.2, 0.25) is 5.91 Å². The van der Waals surface area contributed by atoms with Crippen molar-refractivity contribution in [2.24, 2.45) is 0 Å². The first-order chi connectivity index (χ1) is 11.0. The number of rotatable bonds is 6. The van der Waals surface area contributed by atoms with Crippen molar-refractivity contribution in [3.05, 3.63) is 48.4 Å². The highest BCUT2D eigenvalue weighted by Gasteiger charge is 2.18. The van der Waals surface area contributed by atoms with E-state index in [9.17, 15) is 9.59 Å². The number of hydrogen-bond donors (Lipinski definition) is 2. The first-order valence-electron chi connectivity index (χ1n) is 7.37. The van der Waals surface area contributed by atoms with Crippen LogP contribution in [-0.2, 0) is 4.79 Å². The van der Waals surface area contributed by atoms with E-state index in [4.69, 9.17) is 9.15 Å². The normalized spacial score (nSPS) is 11.8. The minimum Gasteiger partial charge on any atom is -0.491 e. The van der Waals surface area contributed by atoms with Crippen LogP contribution in [0.1, 0.15) is 31.3 Å². The number of carbonyl (C=O) groups is 2. The highest BCUT2D eigenvalue weighted by molar-refractivity contribution is 5.99. The minimum atomic E-state index is -0.695. The molecule has 122 valence electrons. The average Bonchev–Trinajstić information content (AvgIpc) is 3.03. The number of anilines is 1. The number of nitrogens with one attached hydrogen (secondary N) is 2. The maximum Gasteiger partial charge on any atom is 0.287 e. The third-order valence-electron chi connectivity index (χ3n) is 2.98. The standard InChI is InChI=1S/C17H20N2O4/c1-11(2)23-14-8-6-13(7-9-14)19-16(20)12(3)18-17(21)15-5-4-10-22-15/h4-12H,1-3H3,(H,18,21)(H,19,20). The Morgan fingerprint density at radius 2 is 1.78 bits per heavy atom. The van der Waals surface area contributed by atoms with Crippen LogP contribution in [0.4, 0.5) is 5.69 Å². The molecule has 23 heavy (non-hydrogen) atoms. The Morgan fingerprint density at radius 3 is 2.35 bits per heavy atom. The summed E-state index contributed by atoms with van der Waals surface area (Å²) in [6, 6.07) is 9.50. The summed E-state index contributed by atoms with van der Waals surface area (Å²) in [6.45, 7) is 5.49. The molecule has 0 radical (unpaired) electrons. The molecule has 0 spiro atoms. The summed E-state index contributed by atoms with van der Waals surface area (Å²) in [4.78, 5) is 23.9. The summed E-state index contributed by atoms with van der Waals surface area (Å²) in [6.07, 6.45) is 1.49. The zero-order valence-corrected chi connectivity index (χ0v) is 13.3. The molecule has 0 saturated heterocycles. The predicted octanol–water partition coefficient (Wildman–Crippen LogP) is 2.82. The molecule has 0 aliphatic heterocycles. The third kappa shape index (κ3) is 4.88. The Morgan fingerprint density at radius 1 is 1.09 bits per heavy atom. The van der Waals surface area contributed by atoms with Crippen molar-refractivity contribution in [1.82, 2.24) is 5.32 Å². The molecule has 1 aromatic carbocycles. The molecular formula is C17H20N2O4. The summed E-state index contributed by atoms with van der Waals surface area (Å²) in [7, 11) is 0. The van der Waals surface area contributed by atoms with Gasteiger partial charge in [0.15, 0.2) is 5.76 Å². The van der Waals surface area contributed by atoms with Crippen LogP contribution in [0.5, 0.6) is 5.75 Å². The summed E-state index contributed by atoms with van der Waals surface area (Å²) >= 11 is 0. The second kappa shape index (κ2) is 7.49. The van der Waals surface area contributed by atoms with Crippen molar-refractivity contribution < 1.29 is 18.7 Å². The predicted molar refractivity (Wildman–Crippen MR) is 86.5 cm³/mol. The second-order valence-corrected chi connectivity index (χ2v) is 5.35. The van der Waals surface area contributed by atoms with Gasteiger partial charge >= 0.3 is 0 Å². The first kappa shape index (κ1) is 16.6. The molecule has 2 amide bonds. The maximum atomic E-state index is 12.1. The zero-order valence-electron chi connectivity index (χ0n) is 13.3. The highest BCUT2D eigenvalue weighted by atomic mass is 16.5. The smallest absolute Gasteiger partial charge is 0.287 e. The van der Waals surface area contributed by atoms with E-state index in [0.717, 1.165) is 5.75 Å². The fraction of sp³-hybridized carbons (Fsp3) is 0.294. The van der Waals surface area contributed by atoms with Crippen molar-refractivity contribution in [2.75, 3.05) is 5.32 Å². The Bertz CT molecular complexity index is 648. The molecule has 1 aromatic heterocycles. The molecular weight excluding hydrogens is 296 g/mol. The summed E-state index contributed by atoms with van der Waals surface area (Å²) in [5, 5.41) is 5.30. The first-order valence-corrected chi connectivity index (χ1v) is 7.37. The molecule has 0 fully saturated rings. The van der Waals surface area contributed by atoms with Gasteiger partial charge in [0.05, 0.1) is 12.4 Å². The van der Waals surface area contributed by atoms with E-state index in [2.05, 4.69) is 10.6 Å². The molecule has 0 bridgehead atoms. The van der Waals surface area contributed by atoms with Crippen molar-refractivity contribution in [3.63, 3.8) is 0 Å². The number of amides is 2. The Hall–Kier alpha value is -2.76. The van der Waals surface area contributed by atoms with Crippen molar-refractivity contribution in [3.8, 4) is 5.75 Å². The SMILES string of the molecule is CC(C)Oc1ccc(NC(=O)C(C)NC(=O)c2ccco2)cc1. The van der Waals surface area contributed by atoms with Crippen LogP contribution in [0.3, 0.4) is 0 Å². The van der Waals surface area contributed by atoms with Crippen LogP contribution in [0.25, 0.3) is 0 Å². The van der Waals surface area contributed by atoms with E-state index in [1.807, 2.05) is 13.8 Å². The van der Waals surface area contributed by atoms with Crippen LogP contribution < -0.4 is 15.4 Å². The Kier molecular flexibility index (Phi) is 5.41. The molecule has 1 unspecified atom stereocenters. The molecule has 1 heterocycles. The van der Waals surface area contributed by atoms with Gasteiger partial charge in [0, 0.05) is 5.69 Å². The van der Waals surface area contributed by atoms with E-state index in [0.29, 0.717) is 5.69 Å². The van der Waals surface area contributed by atoms with Crippen LogP contribution in [0.2, 0.25) is 0 Å². The molecule has 2 aromatic rings. The fourth-order valence-electron chi connectivity index (χ4n) is 1.88. The Balaban J connectivity index is 1.89. The van der Waals surface area contributed by atoms with E-state index in [1.165, 1.54) is 12.3 Å². The van der Waals surface area contributed by atoms with Gasteiger partial charge in [-0.2, -0.15) is 0 Å². The van der Waals surface area contributed by atoms with Gasteiger partial charge in [0.1, 0.15) is 11.8 Å². The van der Waals surface area contributed by atoms with E-state index in [-0.39, 0.29) is 17.8 Å². The number of furan rings is 1. The average molecular weight is 316 g/mol. The van der Waals surface area contributed by atoms with Crippen LogP contribution in [0.15, 0.2) is 47.1 Å². The quantitative estimate of drug-likeness (QED) is 0.858. The molecule has 6 heteroatoms. The lowest BCUT2D eigenvalue weighted by Gasteiger charge is -2.14. The van der Waals surface area contributed by atoms with Crippen LogP contribution in [0, 0.1) is 0 Å². The molecule has 1 atom stereocenters. The number of ether oxygens (including phenoxy) is 1. The number of benzene rings is 1. The summed E-state index contributed by atoms with van der Waals surface area (Å²) in [5.74, 6) is 0.151. The third-order valence-corrected chi connectivity index (χ3v) is 2.98. The fourth-order valence-corrected chi connectivity index (χ4v) is 1.88. The lowest BCUT2D eigenvalue weighted by atomic mass is 10.2. The van der Waals surface area contributed by atoms with Crippen molar-refractivity contribution in [1.29, 1.82) is 0 Å². The molecule has 0 aliphatic rings. The van der Waals surface area contributed by atoms with Gasteiger partial charge in [-0.25, -0.2) is 0 Å². The monoisotopic (exact) mass is 316 g/mol. The molecule has 0 saturated carbocycles. The van der Waals surface area contributed by atoms with Gasteiger partial charge < -0.3 is 19.8 Å². The van der Waals surface area contributed by atoms with Gasteiger partial charge in [-0.3, -0.25) is 9.59 Å². The lowest BCUT2D eigenvalue weighted by molar-refractivity contribution is -0.117. The zero-order chi connectivity index (χ0) is 16.8. The summed E-state index contributed by atoms with van der Waals surface area (Å²) < 4.78 is 10.5. The second-order valence-electron chi connectivity index (χ2n) is 5.35. The van der Waals surface area contributed by atoms with Gasteiger partial charge in [-0.05, 0) is 57.2 Å². The van der Waals surface area contributed by atoms with E-state index < -0.39 is 11.9 Å². The molecule has 2 N–H and O–H groups in total. The Labute approximate surface area is 134 Å². The molecule has 6 nitrogen and oxygen atoms in total. The van der Waals surface area contributed by atoms with Gasteiger partial charge in [0.25, 0.3) is 5.91 Å². The highest BCUT2D eigenvalue weighted by Crippen LogP contribution is 2.17. The number of hydrogen-bond acceptors (Lipinski definition) is 4. The molecule has 2 rings (SSSR count). The van der Waals surface area contributed by atoms with E-state index >= 15 is 0 Å². The van der Waals surface area contributed by atoms with Crippen molar-refractivity contribution in [2.45, 2.75) is 32.9 Å². The largest absolute Gasteiger partial charge is 0.491 e. The minimum absolute atomic E-state index is 0.0901. The van der Waals surface area contributed by atoms with Gasteiger partial charge in [-0.1, -0.05) is 0 Å². The summed E-state index contributed by atoms with van der Waals surface area (Å²) in [5.41, 5.74) is 0.630. The van der Waals surface area contributed by atoms with E-state index in [1.54, 1.807) is 37.3 Å².